The lowest BCUT2D eigenvalue weighted by molar-refractivity contribution is -0.149. The molecule has 12 heteroatoms. The van der Waals surface area contributed by atoms with Crippen molar-refractivity contribution in [3.63, 3.8) is 0 Å². The fourth-order valence-corrected chi connectivity index (χ4v) is 2.78. The van der Waals surface area contributed by atoms with E-state index in [0.29, 0.717) is 13.7 Å². The third-order valence-electron chi connectivity index (χ3n) is 5.43. The minimum Gasteiger partial charge on any atom is -0.438 e. The summed E-state index contributed by atoms with van der Waals surface area (Å²) in [6.45, 7) is 13.0. The molecule has 3 atom stereocenters. The number of carbonyl (C=O) groups excluding carboxylic acids is 3. The molecular weight excluding hydrogens is 474 g/mol. The summed E-state index contributed by atoms with van der Waals surface area (Å²) in [5, 5.41) is 0. The van der Waals surface area contributed by atoms with Gasteiger partial charge in [-0.25, -0.2) is 42.5 Å². The molecule has 1 heterocycles. The highest BCUT2D eigenvalue weighted by molar-refractivity contribution is 5.88. The van der Waals surface area contributed by atoms with E-state index in [9.17, 15) is 28.8 Å². The molecule has 0 amide bonds. The highest BCUT2D eigenvalue weighted by atomic mass is 16.6. The number of hydrogen-bond acceptors (Lipinski definition) is 9. The van der Waals surface area contributed by atoms with Crippen molar-refractivity contribution in [1.82, 2.24) is 13.7 Å². The predicted octanol–water partition coefficient (Wildman–Crippen LogP) is 2.26. The van der Waals surface area contributed by atoms with Crippen LogP contribution in [-0.2, 0) is 28.6 Å². The molecule has 1 aromatic heterocycles. The van der Waals surface area contributed by atoms with Gasteiger partial charge in [0.05, 0.1) is 0 Å². The first-order valence-corrected chi connectivity index (χ1v) is 11.2. The Kier molecular flexibility index (Phi) is 10.6. The zero-order chi connectivity index (χ0) is 27.9. The number of ether oxygens (including phenoxy) is 3. The van der Waals surface area contributed by atoms with E-state index in [1.54, 1.807) is 20.8 Å². The van der Waals surface area contributed by atoms with Crippen LogP contribution >= 0.6 is 0 Å². The van der Waals surface area contributed by atoms with Crippen LogP contribution in [0.5, 0.6) is 0 Å². The van der Waals surface area contributed by atoms with Crippen LogP contribution in [-0.4, -0.2) is 31.6 Å². The third-order valence-corrected chi connectivity index (χ3v) is 5.43. The number of rotatable bonds is 9. The molecule has 3 unspecified atom stereocenters. The third kappa shape index (κ3) is 6.58. The van der Waals surface area contributed by atoms with Crippen molar-refractivity contribution >= 4 is 17.9 Å². The van der Waals surface area contributed by atoms with Gasteiger partial charge in [0.25, 0.3) is 0 Å². The van der Waals surface area contributed by atoms with E-state index in [1.165, 1.54) is 59.8 Å². The van der Waals surface area contributed by atoms with Crippen molar-refractivity contribution in [2.75, 3.05) is 0 Å². The molecule has 0 bridgehead atoms. The Hall–Kier alpha value is -3.96. The van der Waals surface area contributed by atoms with E-state index in [-0.39, 0.29) is 16.7 Å². The van der Waals surface area contributed by atoms with Gasteiger partial charge < -0.3 is 14.2 Å². The smallest absolute Gasteiger partial charge is 0.342 e. The molecule has 0 aromatic carbocycles. The van der Waals surface area contributed by atoms with E-state index < -0.39 is 53.7 Å². The molecule has 0 radical (unpaired) electrons. The summed E-state index contributed by atoms with van der Waals surface area (Å²) in [5.74, 6) is -2.40. The topological polar surface area (TPSA) is 145 Å². The summed E-state index contributed by atoms with van der Waals surface area (Å²) >= 11 is 0. The maximum absolute atomic E-state index is 13.3. The molecule has 12 nitrogen and oxygen atoms in total. The van der Waals surface area contributed by atoms with Gasteiger partial charge in [0, 0.05) is 16.7 Å². The molecule has 0 aliphatic heterocycles. The quantitative estimate of drug-likeness (QED) is 0.279. The van der Waals surface area contributed by atoms with Gasteiger partial charge in [0.2, 0.25) is 0 Å². The molecule has 0 N–H and O–H groups in total. The fourth-order valence-electron chi connectivity index (χ4n) is 2.78. The van der Waals surface area contributed by atoms with Gasteiger partial charge in [0.15, 0.2) is 18.7 Å². The molecule has 198 valence electrons. The highest BCUT2D eigenvalue weighted by Crippen LogP contribution is 2.12. The van der Waals surface area contributed by atoms with Crippen LogP contribution in [0.3, 0.4) is 0 Å². The van der Waals surface area contributed by atoms with Crippen LogP contribution in [0.2, 0.25) is 0 Å². The van der Waals surface area contributed by atoms with Gasteiger partial charge in [-0.2, -0.15) is 0 Å². The number of aromatic nitrogens is 3. The Morgan fingerprint density at radius 1 is 0.556 bits per heavy atom. The zero-order valence-corrected chi connectivity index (χ0v) is 22.0. The van der Waals surface area contributed by atoms with E-state index in [0.717, 1.165) is 0 Å². The number of hydrogen-bond donors (Lipinski definition) is 0. The van der Waals surface area contributed by atoms with Crippen molar-refractivity contribution in [1.29, 1.82) is 0 Å². The minimum atomic E-state index is -1.47. The number of carbonyl (C=O) groups is 3. The standard InChI is InChI=1S/C24H33N3O9/c1-10-13(4)19(28)34-16(7)25-22(31)26(17(8)35-20(29)14(5)11-2)24(33)27(23(25)32)18(9)36-21(30)15(6)12-3/h10-12,16-18H,1-9H3/b13-10+,14-11+,15-12+. The number of allylic oxidation sites excluding steroid dienone is 3. The van der Waals surface area contributed by atoms with Crippen molar-refractivity contribution in [3.05, 3.63) is 66.4 Å². The number of esters is 3. The summed E-state index contributed by atoms with van der Waals surface area (Å²) in [7, 11) is 0. The SMILES string of the molecule is C/C=C(\C)C(=O)OC(C)n1c(=O)n(C(C)OC(=O)/C(C)=C/C)c(=O)n(C(C)OC(=O)/C(C)=C/C)c1=O. The summed E-state index contributed by atoms with van der Waals surface area (Å²) in [5.41, 5.74) is -2.92. The molecular formula is C24H33N3O9. The lowest BCUT2D eigenvalue weighted by Gasteiger charge is -2.23. The highest BCUT2D eigenvalue weighted by Gasteiger charge is 2.29. The van der Waals surface area contributed by atoms with Crippen LogP contribution in [0, 0.1) is 0 Å². The average molecular weight is 508 g/mol. The Bertz CT molecular complexity index is 1100. The summed E-state index contributed by atoms with van der Waals surface area (Å²) in [6.07, 6.45) is 0.0378. The largest absolute Gasteiger partial charge is 0.438 e. The van der Waals surface area contributed by atoms with Crippen LogP contribution in [0.25, 0.3) is 0 Å². The first-order valence-electron chi connectivity index (χ1n) is 11.2. The van der Waals surface area contributed by atoms with E-state index in [4.69, 9.17) is 14.2 Å². The summed E-state index contributed by atoms with van der Waals surface area (Å²) in [4.78, 5) is 76.6. The van der Waals surface area contributed by atoms with E-state index in [2.05, 4.69) is 0 Å². The van der Waals surface area contributed by atoms with Crippen molar-refractivity contribution < 1.29 is 28.6 Å². The molecule has 0 spiro atoms. The monoisotopic (exact) mass is 507 g/mol. The van der Waals surface area contributed by atoms with E-state index >= 15 is 0 Å². The summed E-state index contributed by atoms with van der Waals surface area (Å²) in [6, 6.07) is 0. The second kappa shape index (κ2) is 12.7. The molecule has 36 heavy (non-hydrogen) atoms. The lowest BCUT2D eigenvalue weighted by atomic mass is 10.3. The zero-order valence-electron chi connectivity index (χ0n) is 22.0. The van der Waals surface area contributed by atoms with Crippen LogP contribution in [0.1, 0.15) is 81.0 Å². The normalized spacial score (nSPS) is 15.1. The summed E-state index contributed by atoms with van der Waals surface area (Å²) < 4.78 is 17.2. The Morgan fingerprint density at radius 2 is 0.750 bits per heavy atom. The lowest BCUT2D eigenvalue weighted by Crippen LogP contribution is -2.57. The van der Waals surface area contributed by atoms with Gasteiger partial charge in [-0.15, -0.1) is 0 Å². The second-order valence-corrected chi connectivity index (χ2v) is 7.89. The van der Waals surface area contributed by atoms with Gasteiger partial charge in [-0.1, -0.05) is 18.2 Å². The second-order valence-electron chi connectivity index (χ2n) is 7.89. The molecule has 0 saturated carbocycles. The molecule has 0 fully saturated rings. The Balaban J connectivity index is 3.83. The Morgan fingerprint density at radius 3 is 0.917 bits per heavy atom. The van der Waals surface area contributed by atoms with Crippen molar-refractivity contribution in [2.45, 2.75) is 81.0 Å². The fraction of sp³-hybridized carbons (Fsp3) is 0.500. The van der Waals surface area contributed by atoms with Gasteiger partial charge >= 0.3 is 35.0 Å². The van der Waals surface area contributed by atoms with Crippen molar-refractivity contribution in [3.8, 4) is 0 Å². The van der Waals surface area contributed by atoms with Gasteiger partial charge in [-0.3, -0.25) is 0 Å². The maximum atomic E-state index is 13.3. The molecule has 0 saturated heterocycles. The molecule has 1 aromatic rings. The van der Waals surface area contributed by atoms with Crippen LogP contribution in [0.15, 0.2) is 49.3 Å². The van der Waals surface area contributed by atoms with Crippen LogP contribution in [0.4, 0.5) is 0 Å². The average Bonchev–Trinajstić information content (AvgIpc) is 2.81. The van der Waals surface area contributed by atoms with Crippen molar-refractivity contribution in [2.24, 2.45) is 0 Å². The van der Waals surface area contributed by atoms with Gasteiger partial charge in [0.1, 0.15) is 0 Å². The van der Waals surface area contributed by atoms with Gasteiger partial charge in [-0.05, 0) is 62.3 Å². The molecule has 1 rings (SSSR count). The first-order chi connectivity index (χ1) is 16.7. The minimum absolute atomic E-state index is 0.219. The predicted molar refractivity (Wildman–Crippen MR) is 130 cm³/mol. The molecule has 0 aliphatic rings. The molecule has 0 aliphatic carbocycles. The first kappa shape index (κ1) is 30.1. The maximum Gasteiger partial charge on any atom is 0.342 e. The van der Waals surface area contributed by atoms with Crippen LogP contribution < -0.4 is 17.1 Å². The Labute approximate surface area is 208 Å². The number of nitrogens with zero attached hydrogens (tertiary/aromatic N) is 3. The van der Waals surface area contributed by atoms with E-state index in [1.807, 2.05) is 0 Å².